The quantitative estimate of drug-likeness (QED) is 0.356. The van der Waals surface area contributed by atoms with E-state index in [2.05, 4.69) is 10.3 Å². The lowest BCUT2D eigenvalue weighted by molar-refractivity contribution is 0.321. The number of guanidine groups is 1. The van der Waals surface area contributed by atoms with E-state index in [4.69, 9.17) is 14.2 Å². The maximum Gasteiger partial charge on any atom is 0.203 e. The lowest BCUT2D eigenvalue weighted by Gasteiger charge is -2.39. The van der Waals surface area contributed by atoms with Gasteiger partial charge >= 0.3 is 0 Å². The van der Waals surface area contributed by atoms with Gasteiger partial charge < -0.3 is 24.4 Å². The van der Waals surface area contributed by atoms with Gasteiger partial charge in [0.05, 0.1) is 31.8 Å². The Morgan fingerprint density at radius 2 is 1.82 bits per heavy atom. The molecule has 1 aromatic carbocycles. The number of rotatable bonds is 5. The highest BCUT2D eigenvalue weighted by Crippen LogP contribution is 2.39. The maximum absolute atomic E-state index is 12.2. The van der Waals surface area contributed by atoms with E-state index in [9.17, 15) is 8.42 Å². The van der Waals surface area contributed by atoms with Crippen LogP contribution in [0.4, 0.5) is 0 Å². The molecule has 1 saturated heterocycles. The van der Waals surface area contributed by atoms with Gasteiger partial charge in [-0.25, -0.2) is 8.42 Å². The van der Waals surface area contributed by atoms with Crippen LogP contribution >= 0.6 is 24.0 Å². The van der Waals surface area contributed by atoms with Gasteiger partial charge in [0, 0.05) is 32.2 Å². The fraction of sp³-hybridized carbons (Fsp3) is 0.611. The number of nitrogens with one attached hydrogen (secondary N) is 1. The molecule has 160 valence electrons. The maximum atomic E-state index is 12.2. The van der Waals surface area contributed by atoms with Crippen molar-refractivity contribution in [3.05, 3.63) is 17.7 Å². The Hall–Kier alpha value is -1.43. The van der Waals surface area contributed by atoms with Crippen LogP contribution in [0.15, 0.2) is 17.1 Å². The summed E-state index contributed by atoms with van der Waals surface area (Å²) in [5.41, 5.74) is 0.875. The zero-order chi connectivity index (χ0) is 20.2. The summed E-state index contributed by atoms with van der Waals surface area (Å²) in [4.78, 5) is 6.28. The second-order valence-corrected chi connectivity index (χ2v) is 9.64. The fourth-order valence-corrected chi connectivity index (χ4v) is 4.50. The smallest absolute Gasteiger partial charge is 0.203 e. The Bertz CT molecular complexity index is 812. The molecule has 1 aliphatic rings. The zero-order valence-corrected chi connectivity index (χ0v) is 20.4. The minimum absolute atomic E-state index is 0. The molecule has 10 heteroatoms. The molecular formula is C18H30IN3O5S. The summed E-state index contributed by atoms with van der Waals surface area (Å²) in [6, 6.07) is 3.71. The summed E-state index contributed by atoms with van der Waals surface area (Å²) in [7, 11) is 3.29. The number of ether oxygens (including phenoxy) is 3. The number of aliphatic imine (C=N–C) groups is 1. The molecule has 1 aliphatic heterocycles. The van der Waals surface area contributed by atoms with Gasteiger partial charge in [-0.1, -0.05) is 0 Å². The predicted molar refractivity (Wildman–Crippen MR) is 121 cm³/mol. The van der Waals surface area contributed by atoms with E-state index >= 15 is 0 Å². The molecule has 0 unspecified atom stereocenters. The first kappa shape index (κ1) is 24.6. The lowest BCUT2D eigenvalue weighted by atomic mass is 10.1. The molecule has 1 heterocycles. The summed E-state index contributed by atoms with van der Waals surface area (Å²) >= 11 is 0. The second-order valence-electron chi connectivity index (χ2n) is 6.89. The van der Waals surface area contributed by atoms with Gasteiger partial charge in [0.25, 0.3) is 0 Å². The Morgan fingerprint density at radius 3 is 2.32 bits per heavy atom. The van der Waals surface area contributed by atoms with Crippen molar-refractivity contribution in [3.63, 3.8) is 0 Å². The summed E-state index contributed by atoms with van der Waals surface area (Å²) in [5, 5.41) is 3.29. The van der Waals surface area contributed by atoms with E-state index < -0.39 is 14.6 Å². The molecule has 0 bridgehead atoms. The van der Waals surface area contributed by atoms with Crippen molar-refractivity contribution in [1.82, 2.24) is 10.2 Å². The third-order valence-electron chi connectivity index (χ3n) is 4.78. The number of hydrogen-bond donors (Lipinski definition) is 1. The van der Waals surface area contributed by atoms with Crippen LogP contribution in [0.5, 0.6) is 17.2 Å². The highest BCUT2D eigenvalue weighted by molar-refractivity contribution is 14.0. The van der Waals surface area contributed by atoms with Crippen molar-refractivity contribution >= 4 is 39.8 Å². The van der Waals surface area contributed by atoms with Gasteiger partial charge in [0.2, 0.25) is 5.75 Å². The standard InChI is InChI=1S/C18H29N3O5S.HI/c1-18(2)12-21(9-10-27(18,22)23)17(19-3)20-11-13-7-8-14(24-4)16(26-6)15(13)25-5;/h7-8H,9-12H2,1-6H3,(H,19,20);1H. The van der Waals surface area contributed by atoms with Gasteiger partial charge in [-0.05, 0) is 26.0 Å². The monoisotopic (exact) mass is 527 g/mol. The summed E-state index contributed by atoms with van der Waals surface area (Å²) < 4.78 is 39.9. The van der Waals surface area contributed by atoms with Gasteiger partial charge in [-0.2, -0.15) is 0 Å². The van der Waals surface area contributed by atoms with E-state index in [1.807, 2.05) is 17.0 Å². The topological polar surface area (TPSA) is 89.5 Å². The number of hydrogen-bond acceptors (Lipinski definition) is 6. The minimum Gasteiger partial charge on any atom is -0.493 e. The number of methoxy groups -OCH3 is 3. The van der Waals surface area contributed by atoms with Crippen LogP contribution in [0.1, 0.15) is 19.4 Å². The largest absolute Gasteiger partial charge is 0.493 e. The lowest BCUT2D eigenvalue weighted by Crippen LogP contribution is -2.57. The molecule has 0 aliphatic carbocycles. The first-order valence-electron chi connectivity index (χ1n) is 8.66. The van der Waals surface area contributed by atoms with Crippen LogP contribution in [0.3, 0.4) is 0 Å². The Morgan fingerprint density at radius 1 is 1.18 bits per heavy atom. The average Bonchev–Trinajstić information content (AvgIpc) is 2.64. The molecule has 1 fully saturated rings. The van der Waals surface area contributed by atoms with Crippen LogP contribution < -0.4 is 19.5 Å². The van der Waals surface area contributed by atoms with Crippen molar-refractivity contribution in [2.24, 2.45) is 4.99 Å². The van der Waals surface area contributed by atoms with Crippen LogP contribution in [0.25, 0.3) is 0 Å². The molecule has 0 aromatic heterocycles. The number of halogens is 1. The van der Waals surface area contributed by atoms with Gasteiger partial charge in [0.1, 0.15) is 0 Å². The van der Waals surface area contributed by atoms with E-state index in [-0.39, 0.29) is 29.7 Å². The Labute approximate surface area is 184 Å². The molecule has 0 radical (unpaired) electrons. The van der Waals surface area contributed by atoms with Crippen LogP contribution in [0, 0.1) is 0 Å². The minimum atomic E-state index is -3.11. The summed E-state index contributed by atoms with van der Waals surface area (Å²) in [6.45, 7) is 4.74. The molecular weight excluding hydrogens is 497 g/mol. The van der Waals surface area contributed by atoms with Crippen molar-refractivity contribution < 1.29 is 22.6 Å². The average molecular weight is 527 g/mol. The Balaban J connectivity index is 0.00000392. The molecule has 2 rings (SSSR count). The number of sulfone groups is 1. The normalized spacial score (nSPS) is 18.1. The predicted octanol–water partition coefficient (Wildman–Crippen LogP) is 1.91. The molecule has 0 amide bonds. The van der Waals surface area contributed by atoms with E-state index in [0.717, 1.165) is 5.56 Å². The molecule has 0 spiro atoms. The van der Waals surface area contributed by atoms with Crippen LogP contribution in [0.2, 0.25) is 0 Å². The zero-order valence-electron chi connectivity index (χ0n) is 17.2. The highest BCUT2D eigenvalue weighted by atomic mass is 127. The Kier molecular flexibility index (Phi) is 8.66. The first-order valence-corrected chi connectivity index (χ1v) is 10.3. The molecule has 28 heavy (non-hydrogen) atoms. The van der Waals surface area contributed by atoms with Gasteiger partial charge in [-0.3, -0.25) is 4.99 Å². The second kappa shape index (κ2) is 9.86. The van der Waals surface area contributed by atoms with Crippen molar-refractivity contribution in [3.8, 4) is 17.2 Å². The highest BCUT2D eigenvalue weighted by Gasteiger charge is 2.41. The summed E-state index contributed by atoms with van der Waals surface area (Å²) in [6.07, 6.45) is 0. The van der Waals surface area contributed by atoms with Crippen LogP contribution in [-0.4, -0.2) is 71.2 Å². The molecule has 1 aromatic rings. The van der Waals surface area contributed by atoms with Gasteiger partial charge in [0.15, 0.2) is 27.3 Å². The van der Waals surface area contributed by atoms with Crippen molar-refractivity contribution in [1.29, 1.82) is 0 Å². The number of nitrogens with zero attached hydrogens (tertiary/aromatic N) is 2. The van der Waals surface area contributed by atoms with E-state index in [0.29, 0.717) is 42.8 Å². The summed E-state index contributed by atoms with van der Waals surface area (Å²) in [5.74, 6) is 2.46. The van der Waals surface area contributed by atoms with Crippen molar-refractivity contribution in [2.45, 2.75) is 25.1 Å². The number of benzene rings is 1. The van der Waals surface area contributed by atoms with Gasteiger partial charge in [-0.15, -0.1) is 24.0 Å². The van der Waals surface area contributed by atoms with Crippen LogP contribution in [-0.2, 0) is 16.4 Å². The first-order chi connectivity index (χ1) is 12.7. The molecule has 1 N–H and O–H groups in total. The van der Waals surface area contributed by atoms with E-state index in [1.165, 1.54) is 0 Å². The SMILES string of the molecule is CN=C(NCc1ccc(OC)c(OC)c1OC)N1CCS(=O)(=O)C(C)(C)C1.I. The molecule has 8 nitrogen and oxygen atoms in total. The molecule has 0 saturated carbocycles. The molecule has 0 atom stereocenters. The fourth-order valence-electron chi connectivity index (χ4n) is 3.13. The third kappa shape index (κ3) is 4.94. The van der Waals surface area contributed by atoms with E-state index in [1.54, 1.807) is 42.2 Å². The third-order valence-corrected chi connectivity index (χ3v) is 7.31. The van der Waals surface area contributed by atoms with Crippen molar-refractivity contribution in [2.75, 3.05) is 47.2 Å².